The Morgan fingerprint density at radius 3 is 2.53 bits per heavy atom. The van der Waals surface area contributed by atoms with E-state index in [2.05, 4.69) is 15.6 Å². The van der Waals surface area contributed by atoms with Gasteiger partial charge in [0.05, 0.1) is 12.7 Å². The largest absolute Gasteiger partial charge is 0.507 e. The molecule has 0 unspecified atom stereocenters. The molecule has 4 rings (SSSR count). The number of benzene rings is 3. The van der Waals surface area contributed by atoms with Gasteiger partial charge in [-0.15, -0.1) is 0 Å². The van der Waals surface area contributed by atoms with Crippen molar-refractivity contribution in [2.75, 3.05) is 12.4 Å². The molecule has 3 N–H and O–H groups in total. The first-order valence-corrected chi connectivity index (χ1v) is 10.9. The summed E-state index contributed by atoms with van der Waals surface area (Å²) in [4.78, 5) is 16.6. The fourth-order valence-electron chi connectivity index (χ4n) is 3.29. The highest BCUT2D eigenvalue weighted by atomic mass is 32.1. The molecule has 34 heavy (non-hydrogen) atoms. The van der Waals surface area contributed by atoms with Gasteiger partial charge in [0.15, 0.2) is 10.7 Å². The molecule has 4 aromatic rings. The zero-order valence-corrected chi connectivity index (χ0v) is 19.7. The summed E-state index contributed by atoms with van der Waals surface area (Å²) in [6.45, 7) is 4.02. The van der Waals surface area contributed by atoms with Crippen LogP contribution in [0.4, 0.5) is 5.69 Å². The molecule has 172 valence electrons. The Bertz CT molecular complexity index is 1370. The van der Waals surface area contributed by atoms with Crippen molar-refractivity contribution in [3.8, 4) is 23.0 Å². The fraction of sp³-hybridized carbons (Fsp3) is 0.115. The lowest BCUT2D eigenvalue weighted by Gasteiger charge is -2.09. The molecule has 0 aliphatic carbocycles. The smallest absolute Gasteiger partial charge is 0.250 e. The molecule has 0 saturated carbocycles. The maximum Gasteiger partial charge on any atom is 0.250 e. The molecule has 1 heterocycles. The van der Waals surface area contributed by atoms with Crippen molar-refractivity contribution in [2.24, 2.45) is 0 Å². The van der Waals surface area contributed by atoms with E-state index in [1.165, 1.54) is 12.1 Å². The number of amides is 1. The minimum atomic E-state index is -0.383. The summed E-state index contributed by atoms with van der Waals surface area (Å²) in [7, 11) is 1.59. The number of hydrogen-bond donors (Lipinski definition) is 3. The van der Waals surface area contributed by atoms with Crippen LogP contribution in [0.1, 0.15) is 16.7 Å². The van der Waals surface area contributed by atoms with Crippen LogP contribution < -0.4 is 15.4 Å². The molecule has 1 aromatic heterocycles. The number of rotatable bonds is 5. The quantitative estimate of drug-likeness (QED) is 0.265. The molecule has 0 aliphatic heterocycles. The van der Waals surface area contributed by atoms with Gasteiger partial charge in [0, 0.05) is 17.8 Å². The van der Waals surface area contributed by atoms with Crippen LogP contribution in [-0.2, 0) is 4.79 Å². The number of methoxy groups -OCH3 is 1. The highest BCUT2D eigenvalue weighted by Crippen LogP contribution is 2.33. The van der Waals surface area contributed by atoms with Crippen molar-refractivity contribution in [1.82, 2.24) is 10.3 Å². The standard InChI is InChI=1S/C26H23N3O4S/c1-15-12-21-23(13-16(15)2)33-25(28-21)20-10-7-18(14-22(20)30)27-26(34)29-24(31)11-6-17-4-8-19(32-3)9-5-17/h4-14,30H,1-3H3,(H2,27,29,31,34)/b11-6+. The average molecular weight is 474 g/mol. The summed E-state index contributed by atoms with van der Waals surface area (Å²) in [5, 5.41) is 16.1. The SMILES string of the molecule is COc1ccc(/C=C/C(=O)NC(=S)Nc2ccc(-c3nc4cc(C)c(C)cc4o3)c(O)c2)cc1. The number of aromatic nitrogens is 1. The minimum Gasteiger partial charge on any atom is -0.507 e. The van der Waals surface area contributed by atoms with E-state index in [4.69, 9.17) is 21.4 Å². The molecular formula is C26H23N3O4S. The lowest BCUT2D eigenvalue weighted by atomic mass is 10.1. The summed E-state index contributed by atoms with van der Waals surface area (Å²) >= 11 is 5.21. The molecule has 1 amide bonds. The van der Waals surface area contributed by atoms with E-state index in [9.17, 15) is 9.90 Å². The number of ether oxygens (including phenoxy) is 1. The number of anilines is 1. The monoisotopic (exact) mass is 473 g/mol. The van der Waals surface area contributed by atoms with Crippen molar-refractivity contribution >= 4 is 46.1 Å². The molecule has 0 aliphatic rings. The predicted octanol–water partition coefficient (Wildman–Crippen LogP) is 5.35. The van der Waals surface area contributed by atoms with Crippen LogP contribution in [0.2, 0.25) is 0 Å². The highest BCUT2D eigenvalue weighted by molar-refractivity contribution is 7.80. The van der Waals surface area contributed by atoms with E-state index in [1.54, 1.807) is 25.3 Å². The maximum absolute atomic E-state index is 12.2. The molecule has 8 heteroatoms. The molecule has 0 spiro atoms. The second-order valence-corrected chi connectivity index (χ2v) is 8.11. The number of carbonyl (C=O) groups excluding carboxylic acids is 1. The molecule has 3 aromatic carbocycles. The highest BCUT2D eigenvalue weighted by Gasteiger charge is 2.14. The number of aromatic hydroxyl groups is 1. The minimum absolute atomic E-state index is 0.0291. The van der Waals surface area contributed by atoms with Gasteiger partial charge in [-0.1, -0.05) is 12.1 Å². The number of phenols is 1. The number of hydrogen-bond acceptors (Lipinski definition) is 6. The number of phenolic OH excluding ortho intramolecular Hbond substituents is 1. The molecule has 0 bridgehead atoms. The van der Waals surface area contributed by atoms with E-state index in [1.807, 2.05) is 50.2 Å². The van der Waals surface area contributed by atoms with Crippen LogP contribution in [0.15, 0.2) is 65.1 Å². The van der Waals surface area contributed by atoms with Crippen LogP contribution in [0.3, 0.4) is 0 Å². The van der Waals surface area contributed by atoms with Gasteiger partial charge in [-0.25, -0.2) is 4.98 Å². The van der Waals surface area contributed by atoms with Crippen molar-refractivity contribution < 1.29 is 19.1 Å². The maximum atomic E-state index is 12.2. The third-order valence-corrected chi connectivity index (χ3v) is 5.47. The normalized spacial score (nSPS) is 11.0. The Morgan fingerprint density at radius 2 is 1.82 bits per heavy atom. The summed E-state index contributed by atoms with van der Waals surface area (Å²) < 4.78 is 10.9. The first-order valence-electron chi connectivity index (χ1n) is 10.5. The summed E-state index contributed by atoms with van der Waals surface area (Å²) in [6.07, 6.45) is 3.05. The predicted molar refractivity (Wildman–Crippen MR) is 137 cm³/mol. The topological polar surface area (TPSA) is 96.6 Å². The van der Waals surface area contributed by atoms with Crippen LogP contribution in [0.5, 0.6) is 11.5 Å². The molecule has 0 saturated heterocycles. The van der Waals surface area contributed by atoms with Crippen molar-refractivity contribution in [3.05, 3.63) is 77.4 Å². The molecule has 7 nitrogen and oxygen atoms in total. The van der Waals surface area contributed by atoms with E-state index in [0.29, 0.717) is 22.7 Å². The Balaban J connectivity index is 1.40. The van der Waals surface area contributed by atoms with Gasteiger partial charge in [0.25, 0.3) is 0 Å². The van der Waals surface area contributed by atoms with Gasteiger partial charge in [-0.2, -0.15) is 0 Å². The Morgan fingerprint density at radius 1 is 1.09 bits per heavy atom. The van der Waals surface area contributed by atoms with E-state index < -0.39 is 0 Å². The van der Waals surface area contributed by atoms with Crippen molar-refractivity contribution in [2.45, 2.75) is 13.8 Å². The number of nitrogens with one attached hydrogen (secondary N) is 2. The molecule has 0 fully saturated rings. The van der Waals surface area contributed by atoms with Gasteiger partial charge in [-0.05, 0) is 85.2 Å². The number of fused-ring (bicyclic) bond motifs is 1. The summed E-state index contributed by atoms with van der Waals surface area (Å²) in [5.41, 5.74) is 5.42. The second kappa shape index (κ2) is 9.76. The average Bonchev–Trinajstić information content (AvgIpc) is 3.20. The van der Waals surface area contributed by atoms with Crippen molar-refractivity contribution in [1.29, 1.82) is 0 Å². The molecule has 0 radical (unpaired) electrons. The van der Waals surface area contributed by atoms with Crippen LogP contribution in [0.25, 0.3) is 28.6 Å². The Hall–Kier alpha value is -4.17. The van der Waals surface area contributed by atoms with Gasteiger partial charge in [-0.3, -0.25) is 10.1 Å². The van der Waals surface area contributed by atoms with Crippen molar-refractivity contribution in [3.63, 3.8) is 0 Å². The van der Waals surface area contributed by atoms with Gasteiger partial charge in [0.2, 0.25) is 11.8 Å². The second-order valence-electron chi connectivity index (χ2n) is 7.71. The first-order chi connectivity index (χ1) is 16.3. The van der Waals surface area contributed by atoms with Gasteiger partial charge < -0.3 is 19.6 Å². The third-order valence-electron chi connectivity index (χ3n) is 5.27. The zero-order valence-electron chi connectivity index (χ0n) is 18.9. The number of nitrogens with zero attached hydrogens (tertiary/aromatic N) is 1. The Kier molecular flexibility index (Phi) is 6.60. The van der Waals surface area contributed by atoms with E-state index >= 15 is 0 Å². The summed E-state index contributed by atoms with van der Waals surface area (Å²) in [6, 6.07) is 16.1. The number of thiocarbonyl (C=S) groups is 1. The first kappa shape index (κ1) is 23.0. The number of aryl methyl sites for hydroxylation is 2. The number of carbonyl (C=O) groups is 1. The lowest BCUT2D eigenvalue weighted by molar-refractivity contribution is -0.115. The van der Waals surface area contributed by atoms with Crippen LogP contribution in [0, 0.1) is 13.8 Å². The lowest BCUT2D eigenvalue weighted by Crippen LogP contribution is -2.32. The summed E-state index contributed by atoms with van der Waals surface area (Å²) in [5.74, 6) is 0.649. The fourth-order valence-corrected chi connectivity index (χ4v) is 3.51. The van der Waals surface area contributed by atoms with E-state index in [-0.39, 0.29) is 16.8 Å². The zero-order chi connectivity index (χ0) is 24.2. The van der Waals surface area contributed by atoms with Gasteiger partial charge in [0.1, 0.15) is 17.0 Å². The van der Waals surface area contributed by atoms with Crippen LogP contribution >= 0.6 is 12.2 Å². The Labute approximate surface area is 202 Å². The van der Waals surface area contributed by atoms with Gasteiger partial charge >= 0.3 is 0 Å². The van der Waals surface area contributed by atoms with E-state index in [0.717, 1.165) is 28.0 Å². The number of oxazole rings is 1. The molecular weight excluding hydrogens is 450 g/mol. The third kappa shape index (κ3) is 5.24. The molecule has 0 atom stereocenters. The van der Waals surface area contributed by atoms with Crippen LogP contribution in [-0.4, -0.2) is 28.2 Å².